The van der Waals surface area contributed by atoms with Crippen molar-refractivity contribution in [2.24, 2.45) is 0 Å². The molecule has 21 heavy (non-hydrogen) atoms. The van der Waals surface area contributed by atoms with Crippen LogP contribution in [0.1, 0.15) is 54.0 Å². The van der Waals surface area contributed by atoms with Gasteiger partial charge in [-0.25, -0.2) is 0 Å². The topological polar surface area (TPSA) is 0 Å². The van der Waals surface area contributed by atoms with Crippen molar-refractivity contribution in [2.75, 3.05) is 0 Å². The minimum absolute atomic E-state index is 0.0585. The molecule has 1 unspecified atom stereocenters. The van der Waals surface area contributed by atoms with Crippen LogP contribution < -0.4 is 0 Å². The Bertz CT molecular complexity index is 547. The van der Waals surface area contributed by atoms with E-state index in [1.54, 1.807) is 0 Å². The van der Waals surface area contributed by atoms with Gasteiger partial charge in [-0.05, 0) is 53.5 Å². The molecule has 2 aromatic rings. The van der Waals surface area contributed by atoms with E-state index in [-0.39, 0.29) is 5.38 Å². The smallest absolute Gasteiger partial charge is 0.0630 e. The fourth-order valence-corrected chi connectivity index (χ4v) is 3.42. The van der Waals surface area contributed by atoms with Gasteiger partial charge in [-0.1, -0.05) is 63.2 Å². The van der Waals surface area contributed by atoms with Crippen LogP contribution in [0.5, 0.6) is 0 Å². The molecule has 0 aliphatic carbocycles. The van der Waals surface area contributed by atoms with E-state index in [0.29, 0.717) is 0 Å². The summed E-state index contributed by atoms with van der Waals surface area (Å²) >= 11 is 6.80. The van der Waals surface area contributed by atoms with Crippen molar-refractivity contribution in [1.29, 1.82) is 0 Å². The van der Waals surface area contributed by atoms with E-state index in [0.717, 1.165) is 25.7 Å². The van der Waals surface area contributed by atoms with Crippen LogP contribution in [0.4, 0.5) is 0 Å². The molecule has 0 saturated heterocycles. The normalized spacial score (nSPS) is 12.4. The van der Waals surface area contributed by atoms with Gasteiger partial charge in [0.25, 0.3) is 0 Å². The Hall–Kier alpha value is -1.27. The Morgan fingerprint density at radius 3 is 1.86 bits per heavy atom. The Morgan fingerprint density at radius 1 is 0.810 bits per heavy atom. The summed E-state index contributed by atoms with van der Waals surface area (Å²) < 4.78 is 0. The maximum atomic E-state index is 6.80. The first kappa shape index (κ1) is 16.1. The summed E-state index contributed by atoms with van der Waals surface area (Å²) in [4.78, 5) is 0. The SMILES string of the molecule is CCc1cc(CC)c(C(Cl)Cc2ccccc2)c(CC)c1. The fourth-order valence-electron chi connectivity index (χ4n) is 2.97. The summed E-state index contributed by atoms with van der Waals surface area (Å²) in [6.45, 7) is 6.67. The summed E-state index contributed by atoms with van der Waals surface area (Å²) in [6, 6.07) is 15.2. The highest BCUT2D eigenvalue weighted by atomic mass is 35.5. The van der Waals surface area contributed by atoms with Gasteiger partial charge >= 0.3 is 0 Å². The van der Waals surface area contributed by atoms with Gasteiger partial charge in [0.2, 0.25) is 0 Å². The second kappa shape index (κ2) is 7.66. The van der Waals surface area contributed by atoms with Crippen molar-refractivity contribution in [2.45, 2.75) is 51.8 Å². The highest BCUT2D eigenvalue weighted by molar-refractivity contribution is 6.21. The minimum atomic E-state index is 0.0585. The predicted octanol–water partition coefficient (Wildman–Crippen LogP) is 5.90. The van der Waals surface area contributed by atoms with Gasteiger partial charge in [-0.3, -0.25) is 0 Å². The molecule has 0 N–H and O–H groups in total. The molecular formula is C20H25Cl. The van der Waals surface area contributed by atoms with Crippen LogP contribution in [-0.4, -0.2) is 0 Å². The molecule has 0 spiro atoms. The maximum absolute atomic E-state index is 6.80. The quantitative estimate of drug-likeness (QED) is 0.583. The van der Waals surface area contributed by atoms with Crippen molar-refractivity contribution in [3.05, 3.63) is 70.3 Å². The zero-order chi connectivity index (χ0) is 15.2. The van der Waals surface area contributed by atoms with E-state index in [4.69, 9.17) is 11.6 Å². The summed E-state index contributed by atoms with van der Waals surface area (Å²) in [6.07, 6.45) is 4.09. The molecule has 0 bridgehead atoms. The van der Waals surface area contributed by atoms with Crippen molar-refractivity contribution in [3.63, 3.8) is 0 Å². The van der Waals surface area contributed by atoms with Gasteiger partial charge in [0.1, 0.15) is 0 Å². The van der Waals surface area contributed by atoms with Crippen LogP contribution in [0.3, 0.4) is 0 Å². The molecule has 1 heteroatoms. The lowest BCUT2D eigenvalue weighted by molar-refractivity contribution is 0.866. The minimum Gasteiger partial charge on any atom is -0.117 e. The fraction of sp³-hybridized carbons (Fsp3) is 0.400. The molecule has 0 aliphatic heterocycles. The van der Waals surface area contributed by atoms with E-state index in [1.165, 1.54) is 27.8 Å². The average Bonchev–Trinajstić information content (AvgIpc) is 2.54. The van der Waals surface area contributed by atoms with E-state index < -0.39 is 0 Å². The molecule has 0 aromatic heterocycles. The molecular weight excluding hydrogens is 276 g/mol. The highest BCUT2D eigenvalue weighted by Gasteiger charge is 2.17. The summed E-state index contributed by atoms with van der Waals surface area (Å²) in [7, 11) is 0. The third kappa shape index (κ3) is 3.89. The molecule has 0 amide bonds. The van der Waals surface area contributed by atoms with Gasteiger partial charge in [0.05, 0.1) is 5.38 Å². The summed E-state index contributed by atoms with van der Waals surface area (Å²) in [5, 5.41) is 0.0585. The molecule has 0 saturated carbocycles. The van der Waals surface area contributed by atoms with E-state index in [1.807, 2.05) is 0 Å². The molecule has 0 fully saturated rings. The second-order valence-corrected chi connectivity index (χ2v) is 6.07. The first-order valence-corrected chi connectivity index (χ1v) is 8.45. The Morgan fingerprint density at radius 2 is 1.38 bits per heavy atom. The van der Waals surface area contributed by atoms with Gasteiger partial charge in [-0.15, -0.1) is 11.6 Å². The maximum Gasteiger partial charge on any atom is 0.0630 e. The lowest BCUT2D eigenvalue weighted by Crippen LogP contribution is -2.06. The number of rotatable bonds is 6. The van der Waals surface area contributed by atoms with Crippen LogP contribution in [-0.2, 0) is 25.7 Å². The number of halogens is 1. The molecule has 0 radical (unpaired) electrons. The first-order valence-electron chi connectivity index (χ1n) is 8.02. The molecule has 0 nitrogen and oxygen atoms in total. The zero-order valence-corrected chi connectivity index (χ0v) is 14.1. The molecule has 1 atom stereocenters. The molecule has 112 valence electrons. The largest absolute Gasteiger partial charge is 0.117 e. The van der Waals surface area contributed by atoms with Gasteiger partial charge in [0, 0.05) is 0 Å². The van der Waals surface area contributed by atoms with Crippen molar-refractivity contribution >= 4 is 11.6 Å². The van der Waals surface area contributed by atoms with Crippen LogP contribution in [0.25, 0.3) is 0 Å². The Balaban J connectivity index is 2.36. The van der Waals surface area contributed by atoms with Crippen LogP contribution in [0.15, 0.2) is 42.5 Å². The average molecular weight is 301 g/mol. The molecule has 0 heterocycles. The Kier molecular flexibility index (Phi) is 5.87. The molecule has 2 aromatic carbocycles. The lowest BCUT2D eigenvalue weighted by Gasteiger charge is -2.20. The third-order valence-electron chi connectivity index (χ3n) is 4.15. The standard InChI is InChI=1S/C20H25Cl/c1-4-15-12-17(5-2)20(18(6-3)13-15)19(21)14-16-10-8-7-9-11-16/h7-13,19H,4-6,14H2,1-3H3. The summed E-state index contributed by atoms with van der Waals surface area (Å²) in [5.41, 5.74) is 6.93. The zero-order valence-electron chi connectivity index (χ0n) is 13.3. The number of hydrogen-bond acceptors (Lipinski definition) is 0. The van der Waals surface area contributed by atoms with E-state index in [2.05, 4.69) is 63.2 Å². The molecule has 0 aliphatic rings. The van der Waals surface area contributed by atoms with Gasteiger partial charge in [0.15, 0.2) is 0 Å². The van der Waals surface area contributed by atoms with E-state index in [9.17, 15) is 0 Å². The summed E-state index contributed by atoms with van der Waals surface area (Å²) in [5.74, 6) is 0. The molecule has 2 rings (SSSR count). The second-order valence-electron chi connectivity index (χ2n) is 5.55. The monoisotopic (exact) mass is 300 g/mol. The first-order chi connectivity index (χ1) is 10.2. The van der Waals surface area contributed by atoms with E-state index >= 15 is 0 Å². The predicted molar refractivity (Wildman–Crippen MR) is 93.3 cm³/mol. The highest BCUT2D eigenvalue weighted by Crippen LogP contribution is 2.32. The third-order valence-corrected chi connectivity index (χ3v) is 4.52. The lowest BCUT2D eigenvalue weighted by atomic mass is 9.89. The van der Waals surface area contributed by atoms with Crippen molar-refractivity contribution < 1.29 is 0 Å². The number of benzene rings is 2. The Labute approximate surface area is 134 Å². The van der Waals surface area contributed by atoms with Crippen molar-refractivity contribution in [1.82, 2.24) is 0 Å². The number of aryl methyl sites for hydroxylation is 3. The van der Waals surface area contributed by atoms with Crippen LogP contribution >= 0.6 is 11.6 Å². The van der Waals surface area contributed by atoms with Gasteiger partial charge in [-0.2, -0.15) is 0 Å². The van der Waals surface area contributed by atoms with Crippen LogP contribution in [0, 0.1) is 0 Å². The van der Waals surface area contributed by atoms with Crippen molar-refractivity contribution in [3.8, 4) is 0 Å². The van der Waals surface area contributed by atoms with Gasteiger partial charge < -0.3 is 0 Å². The van der Waals surface area contributed by atoms with Crippen LogP contribution in [0.2, 0.25) is 0 Å². The number of alkyl halides is 1. The number of hydrogen-bond donors (Lipinski definition) is 0.